The highest BCUT2D eigenvalue weighted by molar-refractivity contribution is 14.1. The van der Waals surface area contributed by atoms with Gasteiger partial charge in [-0.15, -0.1) is 24.0 Å². The normalized spacial score (nSPS) is 10.9. The summed E-state index contributed by atoms with van der Waals surface area (Å²) in [6.07, 6.45) is 0. The monoisotopic (exact) mass is 306 g/mol. The van der Waals surface area contributed by atoms with Crippen molar-refractivity contribution in [3.05, 3.63) is 26.6 Å². The van der Waals surface area contributed by atoms with Crippen LogP contribution in [0.15, 0.2) is 22.4 Å². The lowest BCUT2D eigenvalue weighted by Gasteiger charge is -1.98. The highest BCUT2D eigenvalue weighted by atomic mass is 127. The van der Waals surface area contributed by atoms with Crippen LogP contribution in [-0.2, 0) is 0 Å². The molecule has 12 heavy (non-hydrogen) atoms. The Morgan fingerprint density at radius 2 is 2.17 bits per heavy atom. The van der Waals surface area contributed by atoms with Crippen molar-refractivity contribution in [2.75, 3.05) is 0 Å². The maximum absolute atomic E-state index is 4.40. The lowest BCUT2D eigenvalue weighted by atomic mass is 10.2. The Kier molecular flexibility index (Phi) is 2.35. The van der Waals surface area contributed by atoms with Gasteiger partial charge in [-0.25, -0.2) is 0 Å². The van der Waals surface area contributed by atoms with Gasteiger partial charge in [0.05, 0.1) is 0 Å². The van der Waals surface area contributed by atoms with Crippen LogP contribution in [0.25, 0.3) is 10.1 Å². The molecule has 2 aromatic rings. The second kappa shape index (κ2) is 3.20. The number of halogens is 1. The van der Waals surface area contributed by atoms with Gasteiger partial charge in [0, 0.05) is 23.9 Å². The molecular formula is C9H7IS2. The van der Waals surface area contributed by atoms with E-state index in [2.05, 4.69) is 59.7 Å². The lowest BCUT2D eigenvalue weighted by Crippen LogP contribution is -1.75. The highest BCUT2D eigenvalue weighted by Crippen LogP contribution is 2.30. The lowest BCUT2D eigenvalue weighted by molar-refractivity contribution is 1.34. The number of hydrogen-bond donors (Lipinski definition) is 1. The number of thiophene rings is 1. The molecule has 1 aromatic carbocycles. The van der Waals surface area contributed by atoms with E-state index in [1.54, 1.807) is 11.3 Å². The van der Waals surface area contributed by atoms with Gasteiger partial charge in [-0.1, -0.05) is 0 Å². The molecule has 0 atom stereocenters. The molecule has 0 unspecified atom stereocenters. The van der Waals surface area contributed by atoms with Crippen LogP contribution in [0, 0.1) is 10.5 Å². The summed E-state index contributed by atoms with van der Waals surface area (Å²) < 4.78 is 2.68. The van der Waals surface area contributed by atoms with Gasteiger partial charge in [0.1, 0.15) is 0 Å². The summed E-state index contributed by atoms with van der Waals surface area (Å²) in [7, 11) is 0. The smallest absolute Gasteiger partial charge is 0.0357 e. The molecule has 1 aromatic heterocycles. The zero-order valence-corrected chi connectivity index (χ0v) is 10.3. The quantitative estimate of drug-likeness (QED) is 0.550. The van der Waals surface area contributed by atoms with Crippen LogP contribution in [0.2, 0.25) is 0 Å². The molecule has 62 valence electrons. The largest absolute Gasteiger partial charge is 0.143 e. The Bertz CT molecular complexity index is 431. The summed E-state index contributed by atoms with van der Waals surface area (Å²) in [4.78, 5) is 1.08. The maximum atomic E-state index is 4.40. The first kappa shape index (κ1) is 8.84. The third-order valence-corrected chi connectivity index (χ3v) is 4.59. The zero-order chi connectivity index (χ0) is 8.72. The number of thiol groups is 1. The predicted molar refractivity (Wildman–Crippen MR) is 66.5 cm³/mol. The summed E-state index contributed by atoms with van der Waals surface area (Å²) in [5, 5.41) is 3.51. The molecule has 0 fully saturated rings. The first-order valence-corrected chi connectivity index (χ1v) is 5.95. The van der Waals surface area contributed by atoms with Crippen LogP contribution in [-0.4, -0.2) is 0 Å². The van der Waals surface area contributed by atoms with E-state index in [0.29, 0.717) is 0 Å². The fourth-order valence-corrected chi connectivity index (χ4v) is 3.24. The minimum atomic E-state index is 1.08. The van der Waals surface area contributed by atoms with Crippen molar-refractivity contribution in [1.82, 2.24) is 0 Å². The van der Waals surface area contributed by atoms with E-state index in [9.17, 15) is 0 Å². The molecule has 1 heterocycles. The second-order valence-corrected chi connectivity index (χ2v) is 5.27. The van der Waals surface area contributed by atoms with Crippen molar-refractivity contribution < 1.29 is 0 Å². The summed E-state index contributed by atoms with van der Waals surface area (Å²) in [6.45, 7) is 2.09. The average Bonchev–Trinajstić information content (AvgIpc) is 2.35. The minimum absolute atomic E-state index is 1.08. The van der Waals surface area contributed by atoms with Crippen molar-refractivity contribution in [2.24, 2.45) is 0 Å². The van der Waals surface area contributed by atoms with E-state index in [4.69, 9.17) is 0 Å². The number of aryl methyl sites for hydroxylation is 1. The molecule has 2 rings (SSSR count). The van der Waals surface area contributed by atoms with Gasteiger partial charge in [-0.05, 0) is 47.2 Å². The molecule has 0 spiro atoms. The molecule has 0 saturated heterocycles. The van der Waals surface area contributed by atoms with Crippen molar-refractivity contribution in [3.63, 3.8) is 0 Å². The SMILES string of the molecule is Cc1cc2scc(I)c2cc1S. The third kappa shape index (κ3) is 1.38. The molecular weight excluding hydrogens is 299 g/mol. The van der Waals surface area contributed by atoms with Crippen LogP contribution in [0.3, 0.4) is 0 Å². The molecule has 0 amide bonds. The van der Waals surface area contributed by atoms with Gasteiger partial charge >= 0.3 is 0 Å². The second-order valence-electron chi connectivity index (χ2n) is 2.72. The fourth-order valence-electron chi connectivity index (χ4n) is 1.13. The van der Waals surface area contributed by atoms with E-state index in [1.165, 1.54) is 19.2 Å². The van der Waals surface area contributed by atoms with Gasteiger partial charge in [-0.3, -0.25) is 0 Å². The summed E-state index contributed by atoms with van der Waals surface area (Å²) in [5.41, 5.74) is 1.25. The maximum Gasteiger partial charge on any atom is 0.0357 e. The van der Waals surface area contributed by atoms with E-state index in [-0.39, 0.29) is 0 Å². The van der Waals surface area contributed by atoms with Gasteiger partial charge in [0.25, 0.3) is 0 Å². The molecule has 0 N–H and O–H groups in total. The Hall–Kier alpha value is 0.260. The Morgan fingerprint density at radius 1 is 1.42 bits per heavy atom. The van der Waals surface area contributed by atoms with E-state index >= 15 is 0 Å². The zero-order valence-electron chi connectivity index (χ0n) is 6.47. The summed E-state index contributed by atoms with van der Waals surface area (Å²) in [5.74, 6) is 0. The van der Waals surface area contributed by atoms with Gasteiger partial charge in [-0.2, -0.15) is 0 Å². The third-order valence-electron chi connectivity index (χ3n) is 1.84. The average molecular weight is 306 g/mol. The first-order chi connectivity index (χ1) is 5.68. The van der Waals surface area contributed by atoms with Crippen molar-refractivity contribution >= 4 is 56.6 Å². The van der Waals surface area contributed by atoms with Gasteiger partial charge < -0.3 is 0 Å². The van der Waals surface area contributed by atoms with Gasteiger partial charge in [0.2, 0.25) is 0 Å². The van der Waals surface area contributed by atoms with Crippen molar-refractivity contribution in [3.8, 4) is 0 Å². The minimum Gasteiger partial charge on any atom is -0.143 e. The summed E-state index contributed by atoms with van der Waals surface area (Å²) in [6, 6.07) is 4.34. The number of rotatable bonds is 0. The number of benzene rings is 1. The van der Waals surface area contributed by atoms with E-state index < -0.39 is 0 Å². The van der Waals surface area contributed by atoms with Gasteiger partial charge in [0.15, 0.2) is 0 Å². The molecule has 0 aliphatic heterocycles. The summed E-state index contributed by atoms with van der Waals surface area (Å²) >= 11 is 8.55. The molecule has 3 heteroatoms. The van der Waals surface area contributed by atoms with Crippen LogP contribution < -0.4 is 0 Å². The Morgan fingerprint density at radius 3 is 2.92 bits per heavy atom. The first-order valence-electron chi connectivity index (χ1n) is 3.55. The van der Waals surface area contributed by atoms with E-state index in [1.807, 2.05) is 0 Å². The van der Waals surface area contributed by atoms with Crippen LogP contribution in [0.1, 0.15) is 5.56 Å². The molecule has 0 radical (unpaired) electrons. The van der Waals surface area contributed by atoms with Crippen molar-refractivity contribution in [1.29, 1.82) is 0 Å². The van der Waals surface area contributed by atoms with Crippen LogP contribution in [0.5, 0.6) is 0 Å². The molecule has 0 aliphatic rings. The van der Waals surface area contributed by atoms with E-state index in [0.717, 1.165) is 4.90 Å². The standard InChI is InChI=1S/C9H7IS2/c1-5-2-9-6(3-8(5)11)7(10)4-12-9/h2-4,11H,1H3. The highest BCUT2D eigenvalue weighted by Gasteiger charge is 2.03. The van der Waals surface area contributed by atoms with Crippen LogP contribution in [0.4, 0.5) is 0 Å². The molecule has 0 saturated carbocycles. The van der Waals surface area contributed by atoms with Crippen molar-refractivity contribution in [2.45, 2.75) is 11.8 Å². The molecule has 0 aliphatic carbocycles. The molecule has 0 nitrogen and oxygen atoms in total. The Labute approximate surface area is 94.5 Å². The number of hydrogen-bond acceptors (Lipinski definition) is 2. The fraction of sp³-hybridized carbons (Fsp3) is 0.111. The topological polar surface area (TPSA) is 0 Å². The Balaban J connectivity index is 2.87. The molecule has 0 bridgehead atoms. The predicted octanol–water partition coefficient (Wildman–Crippen LogP) is 4.10. The van der Waals surface area contributed by atoms with Crippen LogP contribution >= 0.6 is 46.6 Å². The number of fused-ring (bicyclic) bond motifs is 1.